The molecule has 3 aliphatic rings. The quantitative estimate of drug-likeness (QED) is 0.156. The fourth-order valence-corrected chi connectivity index (χ4v) is 10.7. The lowest BCUT2D eigenvalue weighted by Gasteiger charge is -2.36. The van der Waals surface area contributed by atoms with Gasteiger partial charge >= 0.3 is 0 Å². The summed E-state index contributed by atoms with van der Waals surface area (Å²) >= 11 is 0. The summed E-state index contributed by atoms with van der Waals surface area (Å²) < 4.78 is 14.2. The Morgan fingerprint density at radius 3 is 1.50 bits per heavy atom. The van der Waals surface area contributed by atoms with E-state index in [2.05, 4.69) is 236 Å². The SMILES string of the molecule is CC1(C)c2cc3c(cc2-c2cc4ccc(N(c5ccccc5)c5ccccc5)cc4cc21)Oc1cc(N(c2ccccc2)c2ccccc2)cc2c1B3c1c(ccc3ccccc13)O2. The van der Waals surface area contributed by atoms with E-state index in [4.69, 9.17) is 9.47 Å². The van der Waals surface area contributed by atoms with Crippen molar-refractivity contribution in [3.05, 3.63) is 223 Å². The first kappa shape index (κ1) is 36.6. The van der Waals surface area contributed by atoms with E-state index in [0.717, 1.165) is 62.6 Å². The van der Waals surface area contributed by atoms with Gasteiger partial charge in [0, 0.05) is 51.4 Å². The molecule has 10 aromatic carbocycles. The van der Waals surface area contributed by atoms with E-state index >= 15 is 0 Å². The number of anilines is 6. The van der Waals surface area contributed by atoms with Gasteiger partial charge in [0.15, 0.2) is 0 Å². The molecule has 1 aliphatic carbocycles. The van der Waals surface area contributed by atoms with Crippen molar-refractivity contribution in [2.75, 3.05) is 9.80 Å². The Labute approximate surface area is 373 Å². The first-order valence-electron chi connectivity index (χ1n) is 22.1. The molecule has 0 saturated carbocycles. The van der Waals surface area contributed by atoms with Crippen LogP contribution in [0.1, 0.15) is 25.0 Å². The Hall–Kier alpha value is -8.02. The van der Waals surface area contributed by atoms with Gasteiger partial charge in [0.2, 0.25) is 0 Å². The van der Waals surface area contributed by atoms with Crippen molar-refractivity contribution >= 4 is 78.8 Å². The van der Waals surface area contributed by atoms with Crippen LogP contribution in [0.2, 0.25) is 0 Å². The molecule has 0 radical (unpaired) electrons. The zero-order valence-corrected chi connectivity index (χ0v) is 35.5. The van der Waals surface area contributed by atoms with Crippen molar-refractivity contribution in [3.8, 4) is 34.1 Å². The van der Waals surface area contributed by atoms with Crippen LogP contribution in [-0.4, -0.2) is 6.71 Å². The van der Waals surface area contributed by atoms with Crippen molar-refractivity contribution in [1.82, 2.24) is 0 Å². The summed E-state index contributed by atoms with van der Waals surface area (Å²) in [6.07, 6.45) is 0. The van der Waals surface area contributed by atoms with E-state index in [1.807, 2.05) is 0 Å². The van der Waals surface area contributed by atoms with Crippen LogP contribution in [0.25, 0.3) is 32.7 Å². The second-order valence-corrected chi connectivity index (χ2v) is 17.7. The van der Waals surface area contributed by atoms with Crippen LogP contribution in [0.5, 0.6) is 23.0 Å². The summed E-state index contributed by atoms with van der Waals surface area (Å²) in [5.41, 5.74) is 14.7. The highest BCUT2D eigenvalue weighted by atomic mass is 16.5. The molecular weight excluding hydrogens is 779 g/mol. The predicted octanol–water partition coefficient (Wildman–Crippen LogP) is 14.0. The number of benzene rings is 10. The second-order valence-electron chi connectivity index (χ2n) is 17.7. The van der Waals surface area contributed by atoms with E-state index in [-0.39, 0.29) is 12.1 Å². The normalized spacial score (nSPS) is 13.5. The molecule has 0 spiro atoms. The molecule has 4 nitrogen and oxygen atoms in total. The number of ether oxygens (including phenoxy) is 2. The lowest BCUT2D eigenvalue weighted by atomic mass is 9.34. The van der Waals surface area contributed by atoms with Crippen LogP contribution >= 0.6 is 0 Å². The van der Waals surface area contributed by atoms with Gasteiger partial charge in [0.05, 0.1) is 5.69 Å². The maximum atomic E-state index is 7.22. The number of hydrogen-bond acceptors (Lipinski definition) is 4. The zero-order chi connectivity index (χ0) is 42.5. The van der Waals surface area contributed by atoms with Gasteiger partial charge in [-0.25, -0.2) is 0 Å². The van der Waals surface area contributed by atoms with Crippen molar-refractivity contribution in [3.63, 3.8) is 0 Å². The number of nitrogens with zero attached hydrogens (tertiary/aromatic N) is 2. The summed E-state index contributed by atoms with van der Waals surface area (Å²) in [5, 5.41) is 4.80. The van der Waals surface area contributed by atoms with Crippen LogP contribution in [0, 0.1) is 0 Å². The predicted molar refractivity (Wildman–Crippen MR) is 266 cm³/mol. The number of para-hydroxylation sites is 4. The Balaban J connectivity index is 0.990. The summed E-state index contributed by atoms with van der Waals surface area (Å²) in [6, 6.07) is 76.2. The van der Waals surface area contributed by atoms with Crippen LogP contribution in [0.3, 0.4) is 0 Å². The molecule has 0 atom stereocenters. The molecule has 0 bridgehead atoms. The molecular formula is C59H41BN2O2. The molecule has 0 saturated heterocycles. The molecule has 64 heavy (non-hydrogen) atoms. The highest BCUT2D eigenvalue weighted by Crippen LogP contribution is 2.52. The molecule has 0 N–H and O–H groups in total. The maximum absolute atomic E-state index is 7.22. The number of rotatable bonds is 6. The van der Waals surface area contributed by atoms with Gasteiger partial charge < -0.3 is 19.3 Å². The highest BCUT2D eigenvalue weighted by Gasteiger charge is 2.45. The Bertz CT molecular complexity index is 3400. The fraction of sp³-hybridized carbons (Fsp3) is 0.0508. The fourth-order valence-electron chi connectivity index (χ4n) is 10.7. The van der Waals surface area contributed by atoms with E-state index in [1.165, 1.54) is 54.7 Å². The van der Waals surface area contributed by atoms with Crippen LogP contribution in [0.15, 0.2) is 212 Å². The van der Waals surface area contributed by atoms with E-state index in [1.54, 1.807) is 0 Å². The molecule has 13 rings (SSSR count). The van der Waals surface area contributed by atoms with Gasteiger partial charge in [-0.2, -0.15) is 0 Å². The molecule has 0 unspecified atom stereocenters. The summed E-state index contributed by atoms with van der Waals surface area (Å²) in [6.45, 7) is 4.65. The molecule has 2 heterocycles. The standard InChI is InChI=1S/C59H41BN2O2/c1-59(2)50-33-40-31-45(61(41-18-7-3-8-19-41)42-20-9-4-10-21-42)29-27-39(40)32-48(50)49-36-54-52(37-51(49)59)60-57-47-26-16-15-17-38(47)28-30-53(57)63-55-34-46(35-56(64-54)58(55)60)62(43-22-11-5-12-23-43)44-24-13-6-14-25-44/h3-37H,1-2H3. The minimum atomic E-state index is -0.270. The third kappa shape index (κ3) is 5.57. The summed E-state index contributed by atoms with van der Waals surface area (Å²) in [5.74, 6) is 3.38. The summed E-state index contributed by atoms with van der Waals surface area (Å²) in [4.78, 5) is 4.62. The first-order valence-corrected chi connectivity index (χ1v) is 22.1. The third-order valence-electron chi connectivity index (χ3n) is 13.7. The van der Waals surface area contributed by atoms with Crippen LogP contribution < -0.4 is 35.7 Å². The Morgan fingerprint density at radius 2 is 0.875 bits per heavy atom. The van der Waals surface area contributed by atoms with Crippen molar-refractivity contribution in [2.24, 2.45) is 0 Å². The molecule has 2 aliphatic heterocycles. The van der Waals surface area contributed by atoms with E-state index in [9.17, 15) is 0 Å². The number of hydrogen-bond donors (Lipinski definition) is 0. The number of fused-ring (bicyclic) bond motifs is 10. The Kier molecular flexibility index (Phi) is 8.01. The lowest BCUT2D eigenvalue weighted by Crippen LogP contribution is -2.57. The molecule has 302 valence electrons. The zero-order valence-electron chi connectivity index (χ0n) is 35.5. The van der Waals surface area contributed by atoms with E-state index in [0.29, 0.717) is 0 Å². The second kappa shape index (κ2) is 14.0. The van der Waals surface area contributed by atoms with Gasteiger partial charge in [-0.05, 0) is 140 Å². The average molecular weight is 821 g/mol. The molecule has 5 heteroatoms. The van der Waals surface area contributed by atoms with Crippen molar-refractivity contribution < 1.29 is 9.47 Å². The topological polar surface area (TPSA) is 24.9 Å². The van der Waals surface area contributed by atoms with Gasteiger partial charge in [0.25, 0.3) is 6.71 Å². The van der Waals surface area contributed by atoms with Crippen molar-refractivity contribution in [2.45, 2.75) is 19.3 Å². The van der Waals surface area contributed by atoms with Gasteiger partial charge in [0.1, 0.15) is 23.0 Å². The molecule has 0 aromatic heterocycles. The molecule has 0 amide bonds. The van der Waals surface area contributed by atoms with Crippen LogP contribution in [-0.2, 0) is 5.41 Å². The monoisotopic (exact) mass is 820 g/mol. The molecule has 0 fully saturated rings. The van der Waals surface area contributed by atoms with E-state index < -0.39 is 0 Å². The lowest BCUT2D eigenvalue weighted by molar-refractivity contribution is 0.465. The summed E-state index contributed by atoms with van der Waals surface area (Å²) in [7, 11) is 0. The van der Waals surface area contributed by atoms with Gasteiger partial charge in [-0.3, -0.25) is 0 Å². The van der Waals surface area contributed by atoms with Crippen molar-refractivity contribution in [1.29, 1.82) is 0 Å². The largest absolute Gasteiger partial charge is 0.458 e. The smallest absolute Gasteiger partial charge is 0.261 e. The van der Waals surface area contributed by atoms with Gasteiger partial charge in [-0.1, -0.05) is 129 Å². The molecule has 10 aromatic rings. The third-order valence-corrected chi connectivity index (χ3v) is 13.7. The Morgan fingerprint density at radius 1 is 0.359 bits per heavy atom. The minimum absolute atomic E-state index is 0.104. The minimum Gasteiger partial charge on any atom is -0.458 e. The first-order chi connectivity index (χ1) is 31.5. The average Bonchev–Trinajstić information content (AvgIpc) is 3.55. The highest BCUT2D eigenvalue weighted by molar-refractivity contribution is 6.99. The van der Waals surface area contributed by atoms with Gasteiger partial charge in [-0.15, -0.1) is 0 Å². The maximum Gasteiger partial charge on any atom is 0.261 e. The van der Waals surface area contributed by atoms with Crippen LogP contribution in [0.4, 0.5) is 34.1 Å².